The number of rotatable bonds is 6. The topological polar surface area (TPSA) is 50.3 Å². The number of likely N-dealkylation sites (tertiary alicyclic amines) is 1. The zero-order valence-electron chi connectivity index (χ0n) is 13.8. The Morgan fingerprint density at radius 1 is 1.26 bits per heavy atom. The van der Waals surface area contributed by atoms with Crippen molar-refractivity contribution >= 4 is 0 Å². The average molecular weight is 322 g/mol. The van der Waals surface area contributed by atoms with E-state index in [-0.39, 0.29) is 6.04 Å². The van der Waals surface area contributed by atoms with Crippen molar-refractivity contribution in [3.05, 3.63) is 24.3 Å². The largest absolute Gasteiger partial charge is 0.381 e. The summed E-state index contributed by atoms with van der Waals surface area (Å²) in [6.07, 6.45) is 8.29. The summed E-state index contributed by atoms with van der Waals surface area (Å²) in [5.74, 6) is 0.771. The van der Waals surface area contributed by atoms with Crippen molar-refractivity contribution in [3.8, 4) is 0 Å². The van der Waals surface area contributed by atoms with Crippen molar-refractivity contribution in [2.45, 2.75) is 63.0 Å². The monoisotopic (exact) mass is 322 g/mol. The van der Waals surface area contributed by atoms with Crippen molar-refractivity contribution in [1.29, 1.82) is 0 Å². The van der Waals surface area contributed by atoms with Gasteiger partial charge >= 0.3 is 0 Å². The summed E-state index contributed by atoms with van der Waals surface area (Å²) in [4.78, 5) is 10.7. The molecular formula is C17H27FN4O. The second kappa shape index (κ2) is 8.13. The molecule has 2 atom stereocenters. The predicted octanol–water partition coefficient (Wildman–Crippen LogP) is 1.94. The second-order valence-electron chi connectivity index (χ2n) is 6.70. The molecule has 1 aliphatic carbocycles. The van der Waals surface area contributed by atoms with Crippen molar-refractivity contribution < 1.29 is 9.13 Å². The Hall–Kier alpha value is -1.11. The van der Waals surface area contributed by atoms with Crippen molar-refractivity contribution in [1.82, 2.24) is 20.2 Å². The van der Waals surface area contributed by atoms with E-state index in [1.165, 1.54) is 0 Å². The third-order valence-corrected chi connectivity index (χ3v) is 5.09. The van der Waals surface area contributed by atoms with E-state index in [0.717, 1.165) is 38.1 Å². The van der Waals surface area contributed by atoms with Gasteiger partial charge in [-0.2, -0.15) is 0 Å². The van der Waals surface area contributed by atoms with Crippen LogP contribution < -0.4 is 5.32 Å². The molecule has 1 aliphatic heterocycles. The van der Waals surface area contributed by atoms with E-state index >= 15 is 0 Å². The molecule has 1 N–H and O–H groups in total. The SMILES string of the molecule is COC1CCC(NC[C@@H]2C[C@H](F)CN2Cc2ncccn2)CC1. The molecule has 1 aromatic rings. The van der Waals surface area contributed by atoms with Gasteiger partial charge in [0.15, 0.2) is 0 Å². The van der Waals surface area contributed by atoms with Crippen LogP contribution in [-0.4, -0.2) is 59.4 Å². The van der Waals surface area contributed by atoms with Crippen LogP contribution in [0.5, 0.6) is 0 Å². The molecule has 1 saturated heterocycles. The molecule has 0 amide bonds. The lowest BCUT2D eigenvalue weighted by Crippen LogP contribution is -2.43. The van der Waals surface area contributed by atoms with E-state index in [4.69, 9.17) is 4.74 Å². The van der Waals surface area contributed by atoms with Gasteiger partial charge in [0.05, 0.1) is 12.6 Å². The molecule has 6 heteroatoms. The fraction of sp³-hybridized carbons (Fsp3) is 0.765. The van der Waals surface area contributed by atoms with Gasteiger partial charge in [0.25, 0.3) is 0 Å². The highest BCUT2D eigenvalue weighted by Gasteiger charge is 2.33. The molecule has 23 heavy (non-hydrogen) atoms. The first kappa shape index (κ1) is 16.7. The number of methoxy groups -OCH3 is 1. The molecule has 0 radical (unpaired) electrons. The molecule has 128 valence electrons. The Morgan fingerprint density at radius 2 is 2.00 bits per heavy atom. The highest BCUT2D eigenvalue weighted by molar-refractivity contribution is 4.94. The highest BCUT2D eigenvalue weighted by atomic mass is 19.1. The zero-order valence-corrected chi connectivity index (χ0v) is 13.8. The van der Waals surface area contributed by atoms with Gasteiger partial charge in [-0.1, -0.05) is 0 Å². The van der Waals surface area contributed by atoms with Gasteiger partial charge in [0, 0.05) is 44.7 Å². The number of hydrogen-bond donors (Lipinski definition) is 1. The lowest BCUT2D eigenvalue weighted by atomic mass is 9.93. The maximum Gasteiger partial charge on any atom is 0.142 e. The van der Waals surface area contributed by atoms with Crippen LogP contribution in [0.4, 0.5) is 4.39 Å². The number of nitrogens with zero attached hydrogens (tertiary/aromatic N) is 3. The number of nitrogens with one attached hydrogen (secondary N) is 1. The van der Waals surface area contributed by atoms with Crippen LogP contribution in [0, 0.1) is 0 Å². The standard InChI is InChI=1S/C17H27FN4O/c1-23-16-5-3-14(4-6-16)21-10-15-9-13(18)11-22(15)12-17-19-7-2-8-20-17/h2,7-8,13-16,21H,3-6,9-12H2,1H3/t13-,14?,15-,16?/m0/s1. The van der Waals surface area contributed by atoms with Gasteiger partial charge in [0.1, 0.15) is 12.0 Å². The van der Waals surface area contributed by atoms with E-state index < -0.39 is 6.17 Å². The summed E-state index contributed by atoms with van der Waals surface area (Å²) in [5, 5.41) is 3.64. The number of halogens is 1. The van der Waals surface area contributed by atoms with Crippen molar-refractivity contribution in [2.24, 2.45) is 0 Å². The summed E-state index contributed by atoms with van der Waals surface area (Å²) in [5.41, 5.74) is 0. The first-order valence-electron chi connectivity index (χ1n) is 8.64. The van der Waals surface area contributed by atoms with Crippen LogP contribution >= 0.6 is 0 Å². The summed E-state index contributed by atoms with van der Waals surface area (Å²) >= 11 is 0. The minimum Gasteiger partial charge on any atom is -0.381 e. The second-order valence-corrected chi connectivity index (χ2v) is 6.70. The third kappa shape index (κ3) is 4.68. The Balaban J connectivity index is 1.48. The normalized spacial score (nSPS) is 32.3. The molecule has 0 unspecified atom stereocenters. The Labute approximate surface area is 137 Å². The van der Waals surface area contributed by atoms with E-state index in [1.807, 2.05) is 0 Å². The number of aromatic nitrogens is 2. The first-order chi connectivity index (χ1) is 11.2. The fourth-order valence-electron chi connectivity index (χ4n) is 3.73. The van der Waals surface area contributed by atoms with Crippen LogP contribution in [-0.2, 0) is 11.3 Å². The molecule has 2 aliphatic rings. The van der Waals surface area contributed by atoms with E-state index in [9.17, 15) is 4.39 Å². The molecule has 3 rings (SSSR count). The number of alkyl halides is 1. The van der Waals surface area contributed by atoms with Crippen LogP contribution in [0.3, 0.4) is 0 Å². The Bertz CT molecular complexity index is 467. The highest BCUT2D eigenvalue weighted by Crippen LogP contribution is 2.24. The molecule has 2 heterocycles. The predicted molar refractivity (Wildman–Crippen MR) is 86.8 cm³/mol. The molecule has 5 nitrogen and oxygen atoms in total. The first-order valence-corrected chi connectivity index (χ1v) is 8.64. The van der Waals surface area contributed by atoms with Crippen LogP contribution in [0.25, 0.3) is 0 Å². The van der Waals surface area contributed by atoms with E-state index in [1.54, 1.807) is 25.6 Å². The van der Waals surface area contributed by atoms with Gasteiger partial charge in [-0.15, -0.1) is 0 Å². The maximum atomic E-state index is 13.9. The Kier molecular flexibility index (Phi) is 5.91. The van der Waals surface area contributed by atoms with Gasteiger partial charge < -0.3 is 10.1 Å². The van der Waals surface area contributed by atoms with Crippen LogP contribution in [0.1, 0.15) is 37.9 Å². The van der Waals surface area contributed by atoms with E-state index in [2.05, 4.69) is 20.2 Å². The van der Waals surface area contributed by atoms with E-state index in [0.29, 0.717) is 31.7 Å². The van der Waals surface area contributed by atoms with Crippen molar-refractivity contribution in [3.63, 3.8) is 0 Å². The van der Waals surface area contributed by atoms with Crippen molar-refractivity contribution in [2.75, 3.05) is 20.2 Å². The summed E-state index contributed by atoms with van der Waals surface area (Å²) < 4.78 is 19.3. The van der Waals surface area contributed by atoms with Gasteiger partial charge in [-0.25, -0.2) is 14.4 Å². The summed E-state index contributed by atoms with van der Waals surface area (Å²) in [7, 11) is 1.79. The molecular weight excluding hydrogens is 295 g/mol. The maximum absolute atomic E-state index is 13.9. The lowest BCUT2D eigenvalue weighted by molar-refractivity contribution is 0.0616. The number of hydrogen-bond acceptors (Lipinski definition) is 5. The van der Waals surface area contributed by atoms with Gasteiger partial charge in [0.2, 0.25) is 0 Å². The van der Waals surface area contributed by atoms with Gasteiger partial charge in [-0.05, 0) is 38.2 Å². The summed E-state index contributed by atoms with van der Waals surface area (Å²) in [6.45, 7) is 1.96. The molecule has 0 bridgehead atoms. The van der Waals surface area contributed by atoms with Crippen LogP contribution in [0.15, 0.2) is 18.5 Å². The van der Waals surface area contributed by atoms with Gasteiger partial charge in [-0.3, -0.25) is 4.90 Å². The molecule has 1 saturated carbocycles. The number of ether oxygens (including phenoxy) is 1. The lowest BCUT2D eigenvalue weighted by Gasteiger charge is -2.31. The third-order valence-electron chi connectivity index (χ3n) is 5.09. The molecule has 2 fully saturated rings. The zero-order chi connectivity index (χ0) is 16.1. The quantitative estimate of drug-likeness (QED) is 0.867. The molecule has 0 spiro atoms. The minimum atomic E-state index is -0.741. The summed E-state index contributed by atoms with van der Waals surface area (Å²) in [6, 6.07) is 2.57. The Morgan fingerprint density at radius 3 is 2.70 bits per heavy atom. The van der Waals surface area contributed by atoms with Crippen LogP contribution in [0.2, 0.25) is 0 Å². The average Bonchev–Trinajstić information content (AvgIpc) is 2.94. The molecule has 1 aromatic heterocycles. The smallest absolute Gasteiger partial charge is 0.142 e. The minimum absolute atomic E-state index is 0.231. The fourth-order valence-corrected chi connectivity index (χ4v) is 3.73. The molecule has 0 aromatic carbocycles.